The Hall–Kier alpha value is 0.170. The van der Waals surface area contributed by atoms with Crippen LogP contribution in [0.5, 0.6) is 0 Å². The van der Waals surface area contributed by atoms with Gasteiger partial charge in [-0.15, -0.1) is 11.6 Å². The highest BCUT2D eigenvalue weighted by Gasteiger charge is 2.67. The molecule has 4 fully saturated rings. The third kappa shape index (κ3) is 1.37. The first-order valence-corrected chi connectivity index (χ1v) is 6.07. The quantitative estimate of drug-likeness (QED) is 0.586. The maximum absolute atomic E-state index is 10.4. The fourth-order valence-corrected chi connectivity index (χ4v) is 5.11. The Balaban J connectivity index is 2.06. The fourth-order valence-electron chi connectivity index (χ4n) is 4.82. The topological polar surface area (TPSA) is 60.7 Å². The van der Waals surface area contributed by atoms with E-state index in [9.17, 15) is 15.3 Å². The van der Waals surface area contributed by atoms with Crippen LogP contribution in [-0.4, -0.2) is 38.0 Å². The molecule has 4 bridgehead atoms. The fraction of sp³-hybridized carbons (Fsp3) is 1.00. The molecule has 0 aromatic rings. The van der Waals surface area contributed by atoms with Gasteiger partial charge in [0.25, 0.3) is 0 Å². The predicted molar refractivity (Wildman–Crippen MR) is 55.7 cm³/mol. The van der Waals surface area contributed by atoms with E-state index in [4.69, 9.17) is 11.6 Å². The normalized spacial score (nSPS) is 62.4. The van der Waals surface area contributed by atoms with Crippen LogP contribution in [0.1, 0.15) is 38.5 Å². The third-order valence-electron chi connectivity index (χ3n) is 4.37. The van der Waals surface area contributed by atoms with Crippen LogP contribution in [0.15, 0.2) is 0 Å². The van der Waals surface area contributed by atoms with Gasteiger partial charge in [0.15, 0.2) is 0 Å². The number of hydrogen-bond acceptors (Lipinski definition) is 3. The minimum atomic E-state index is -0.896. The van der Waals surface area contributed by atoms with Gasteiger partial charge in [0.1, 0.15) is 0 Å². The van der Waals surface area contributed by atoms with Crippen molar-refractivity contribution >= 4 is 11.6 Å². The molecule has 0 heterocycles. The number of rotatable bonds is 1. The lowest BCUT2D eigenvalue weighted by atomic mass is 9.45. The molecule has 0 radical (unpaired) electrons. The van der Waals surface area contributed by atoms with E-state index < -0.39 is 16.8 Å². The molecule has 4 heteroatoms. The van der Waals surface area contributed by atoms with E-state index in [1.54, 1.807) is 0 Å². The van der Waals surface area contributed by atoms with Crippen molar-refractivity contribution in [1.29, 1.82) is 0 Å². The highest BCUT2D eigenvalue weighted by Crippen LogP contribution is 2.64. The highest BCUT2D eigenvalue weighted by atomic mass is 35.5. The zero-order valence-corrected chi connectivity index (χ0v) is 9.43. The number of hydrogen-bond donors (Lipinski definition) is 3. The van der Waals surface area contributed by atoms with E-state index >= 15 is 0 Å². The summed E-state index contributed by atoms with van der Waals surface area (Å²) in [4.78, 5) is 0. The van der Waals surface area contributed by atoms with E-state index in [1.807, 2.05) is 0 Å². The lowest BCUT2D eigenvalue weighted by Gasteiger charge is -2.65. The average molecular weight is 233 g/mol. The van der Waals surface area contributed by atoms with Gasteiger partial charge in [0.2, 0.25) is 0 Å². The summed E-state index contributed by atoms with van der Waals surface area (Å²) >= 11 is 5.97. The number of aliphatic hydroxyl groups is 3. The van der Waals surface area contributed by atoms with Crippen molar-refractivity contribution in [2.24, 2.45) is 5.41 Å². The van der Waals surface area contributed by atoms with Crippen LogP contribution in [0, 0.1) is 5.41 Å². The summed E-state index contributed by atoms with van der Waals surface area (Å²) in [7, 11) is 0. The van der Waals surface area contributed by atoms with E-state index in [1.165, 1.54) is 0 Å². The van der Waals surface area contributed by atoms with Crippen molar-refractivity contribution in [3.05, 3.63) is 0 Å². The Morgan fingerprint density at radius 2 is 1.07 bits per heavy atom. The smallest absolute Gasteiger partial charge is 0.0708 e. The monoisotopic (exact) mass is 232 g/mol. The molecule has 4 aliphatic rings. The lowest BCUT2D eigenvalue weighted by molar-refractivity contribution is -0.275. The molecule has 86 valence electrons. The van der Waals surface area contributed by atoms with Crippen molar-refractivity contribution in [2.75, 3.05) is 5.88 Å². The van der Waals surface area contributed by atoms with Crippen LogP contribution in [0.3, 0.4) is 0 Å². The van der Waals surface area contributed by atoms with Crippen molar-refractivity contribution in [2.45, 2.75) is 55.3 Å². The SMILES string of the molecule is OC12CC3(O)CC(O)(C1)CC(CCl)(C2)C3. The van der Waals surface area contributed by atoms with Gasteiger partial charge < -0.3 is 15.3 Å². The summed E-state index contributed by atoms with van der Waals surface area (Å²) in [6.45, 7) is 0. The molecule has 4 saturated carbocycles. The number of alkyl halides is 1. The summed E-state index contributed by atoms with van der Waals surface area (Å²) < 4.78 is 0. The zero-order chi connectivity index (χ0) is 10.9. The minimum Gasteiger partial charge on any atom is -0.390 e. The molecule has 0 saturated heterocycles. The Bertz CT molecular complexity index is 263. The molecule has 0 atom stereocenters. The van der Waals surface area contributed by atoms with Crippen molar-refractivity contribution in [3.63, 3.8) is 0 Å². The van der Waals surface area contributed by atoms with Crippen LogP contribution in [0.25, 0.3) is 0 Å². The molecule has 0 aromatic carbocycles. The first kappa shape index (κ1) is 10.3. The summed E-state index contributed by atoms with van der Waals surface area (Å²) in [5.74, 6) is 0.417. The van der Waals surface area contributed by atoms with Crippen LogP contribution in [0.2, 0.25) is 0 Å². The molecule has 0 unspecified atom stereocenters. The third-order valence-corrected chi connectivity index (χ3v) is 4.94. The van der Waals surface area contributed by atoms with Gasteiger partial charge in [0, 0.05) is 25.1 Å². The number of halogens is 1. The van der Waals surface area contributed by atoms with Gasteiger partial charge >= 0.3 is 0 Å². The summed E-state index contributed by atoms with van der Waals surface area (Å²) in [5, 5.41) is 31.1. The molecule has 0 spiro atoms. The second-order valence-electron chi connectivity index (χ2n) is 6.37. The largest absolute Gasteiger partial charge is 0.390 e. The van der Waals surface area contributed by atoms with Gasteiger partial charge in [-0.25, -0.2) is 0 Å². The minimum absolute atomic E-state index is 0.255. The maximum atomic E-state index is 10.4. The first-order valence-electron chi connectivity index (χ1n) is 5.53. The molecule has 4 aliphatic carbocycles. The van der Waals surface area contributed by atoms with Crippen LogP contribution >= 0.6 is 11.6 Å². The van der Waals surface area contributed by atoms with Gasteiger partial charge in [0.05, 0.1) is 16.8 Å². The Kier molecular flexibility index (Phi) is 1.74. The molecule has 0 aromatic heterocycles. The second-order valence-corrected chi connectivity index (χ2v) is 6.63. The van der Waals surface area contributed by atoms with Crippen molar-refractivity contribution in [1.82, 2.24) is 0 Å². The van der Waals surface area contributed by atoms with Crippen molar-refractivity contribution < 1.29 is 15.3 Å². The lowest BCUT2D eigenvalue weighted by Crippen LogP contribution is -2.69. The van der Waals surface area contributed by atoms with E-state index in [2.05, 4.69) is 0 Å². The van der Waals surface area contributed by atoms with E-state index in [0.717, 1.165) is 0 Å². The summed E-state index contributed by atoms with van der Waals surface area (Å²) in [6, 6.07) is 0. The van der Waals surface area contributed by atoms with E-state index in [-0.39, 0.29) is 5.41 Å². The first-order chi connectivity index (χ1) is 6.80. The van der Waals surface area contributed by atoms with Crippen molar-refractivity contribution in [3.8, 4) is 0 Å². The molecule has 3 nitrogen and oxygen atoms in total. The Morgan fingerprint density at radius 1 is 0.733 bits per heavy atom. The van der Waals surface area contributed by atoms with Gasteiger partial charge in [-0.1, -0.05) is 0 Å². The molecular formula is C11H17ClO3. The predicted octanol–water partition coefficient (Wildman–Crippen LogP) is 0.786. The van der Waals surface area contributed by atoms with Gasteiger partial charge in [-0.2, -0.15) is 0 Å². The highest BCUT2D eigenvalue weighted by molar-refractivity contribution is 6.18. The van der Waals surface area contributed by atoms with Gasteiger partial charge in [-0.05, 0) is 24.7 Å². The Morgan fingerprint density at radius 3 is 1.33 bits per heavy atom. The summed E-state index contributed by atoms with van der Waals surface area (Å²) in [5.41, 5.74) is -2.94. The standard InChI is InChI=1S/C11H17ClO3/c12-7-8-1-9(13)4-10(14,2-8)6-11(15,3-8)5-9/h13-15H,1-7H2. The van der Waals surface area contributed by atoms with Crippen LogP contribution < -0.4 is 0 Å². The van der Waals surface area contributed by atoms with Crippen LogP contribution in [-0.2, 0) is 0 Å². The molecule has 15 heavy (non-hydrogen) atoms. The summed E-state index contributed by atoms with van der Waals surface area (Å²) in [6.07, 6.45) is 3.11. The zero-order valence-electron chi connectivity index (χ0n) is 8.67. The molecular weight excluding hydrogens is 216 g/mol. The molecule has 0 amide bonds. The Labute approximate surface area is 94.1 Å². The van der Waals surface area contributed by atoms with Crippen LogP contribution in [0.4, 0.5) is 0 Å². The second kappa shape index (κ2) is 2.53. The molecule has 4 rings (SSSR count). The van der Waals surface area contributed by atoms with Gasteiger partial charge in [-0.3, -0.25) is 0 Å². The maximum Gasteiger partial charge on any atom is 0.0708 e. The average Bonchev–Trinajstić information content (AvgIpc) is 1.94. The molecule has 0 aliphatic heterocycles. The van der Waals surface area contributed by atoms with E-state index in [0.29, 0.717) is 44.4 Å². The molecule has 3 N–H and O–H groups in total.